The van der Waals surface area contributed by atoms with E-state index in [0.717, 1.165) is 21.2 Å². The summed E-state index contributed by atoms with van der Waals surface area (Å²) in [6.07, 6.45) is 0. The maximum absolute atomic E-state index is 10.9. The van der Waals surface area contributed by atoms with Crippen molar-refractivity contribution in [2.45, 2.75) is 5.75 Å². The van der Waals surface area contributed by atoms with Crippen molar-refractivity contribution in [2.24, 2.45) is 0 Å². The summed E-state index contributed by atoms with van der Waals surface area (Å²) in [5.74, 6) is 0.579. The first-order valence-corrected chi connectivity index (χ1v) is 5.91. The SMILES string of the molecule is O=S(=O)(O)N1SCc2ccccc21. The van der Waals surface area contributed by atoms with Crippen LogP contribution >= 0.6 is 11.9 Å². The standard InChI is InChI=1S/C7H7NO3S2/c9-13(10,11)8-7-4-2-1-3-6(7)5-12-8/h1-4H,5H2,(H,9,10,11). The summed E-state index contributed by atoms with van der Waals surface area (Å²) in [4.78, 5) is 0. The summed E-state index contributed by atoms with van der Waals surface area (Å²) in [6, 6.07) is 7.09. The van der Waals surface area contributed by atoms with Crippen molar-refractivity contribution in [1.29, 1.82) is 0 Å². The Morgan fingerprint density at radius 3 is 2.77 bits per heavy atom. The Kier molecular flexibility index (Phi) is 1.98. The molecule has 70 valence electrons. The van der Waals surface area contributed by atoms with Crippen LogP contribution in [0.1, 0.15) is 5.56 Å². The molecule has 0 radical (unpaired) electrons. The minimum absolute atomic E-state index is 0.551. The minimum atomic E-state index is -4.12. The molecule has 1 N–H and O–H groups in total. The molecule has 6 heteroatoms. The molecule has 0 fully saturated rings. The molecular formula is C7H7NO3S2. The van der Waals surface area contributed by atoms with Gasteiger partial charge >= 0.3 is 10.3 Å². The molecule has 1 aromatic carbocycles. The third-order valence-corrected chi connectivity index (χ3v) is 4.10. The van der Waals surface area contributed by atoms with Gasteiger partial charge in [0.25, 0.3) is 0 Å². The van der Waals surface area contributed by atoms with Gasteiger partial charge < -0.3 is 0 Å². The highest BCUT2D eigenvalue weighted by molar-refractivity contribution is 8.12. The number of benzene rings is 1. The molecule has 1 aromatic rings. The number of anilines is 1. The molecule has 0 aliphatic carbocycles. The van der Waals surface area contributed by atoms with Crippen LogP contribution in [0, 0.1) is 0 Å². The van der Waals surface area contributed by atoms with E-state index >= 15 is 0 Å². The number of para-hydroxylation sites is 1. The van der Waals surface area contributed by atoms with E-state index in [1.807, 2.05) is 12.1 Å². The molecule has 0 saturated carbocycles. The number of hydrogen-bond acceptors (Lipinski definition) is 3. The van der Waals surface area contributed by atoms with E-state index in [0.29, 0.717) is 11.4 Å². The Morgan fingerprint density at radius 1 is 1.38 bits per heavy atom. The van der Waals surface area contributed by atoms with Crippen LogP contribution in [0.2, 0.25) is 0 Å². The van der Waals surface area contributed by atoms with Gasteiger partial charge in [0.15, 0.2) is 0 Å². The van der Waals surface area contributed by atoms with Crippen molar-refractivity contribution in [3.05, 3.63) is 29.8 Å². The summed E-state index contributed by atoms with van der Waals surface area (Å²) >= 11 is 1.07. The van der Waals surface area contributed by atoms with Crippen LogP contribution < -0.4 is 3.71 Å². The van der Waals surface area contributed by atoms with Gasteiger partial charge in [-0.3, -0.25) is 4.55 Å². The molecule has 0 aromatic heterocycles. The highest BCUT2D eigenvalue weighted by Crippen LogP contribution is 2.38. The Hall–Kier alpha value is -0.720. The summed E-state index contributed by atoms with van der Waals surface area (Å²) in [7, 11) is -4.12. The average Bonchev–Trinajstić information content (AvgIpc) is 2.45. The largest absolute Gasteiger partial charge is 0.369 e. The topological polar surface area (TPSA) is 57.6 Å². The van der Waals surface area contributed by atoms with Gasteiger partial charge in [-0.25, -0.2) is 0 Å². The lowest BCUT2D eigenvalue weighted by molar-refractivity contribution is 0.486. The monoisotopic (exact) mass is 217 g/mol. The second-order valence-electron chi connectivity index (χ2n) is 2.61. The Balaban J connectivity index is 2.51. The molecule has 0 atom stereocenters. The van der Waals surface area contributed by atoms with Crippen LogP contribution in [-0.4, -0.2) is 13.0 Å². The average molecular weight is 217 g/mol. The summed E-state index contributed by atoms with van der Waals surface area (Å²) in [5, 5.41) is 0. The first-order chi connectivity index (χ1) is 6.09. The molecule has 0 amide bonds. The zero-order chi connectivity index (χ0) is 9.47. The summed E-state index contributed by atoms with van der Waals surface area (Å²) in [6.45, 7) is 0. The third-order valence-electron chi connectivity index (χ3n) is 1.74. The van der Waals surface area contributed by atoms with Crippen molar-refractivity contribution < 1.29 is 13.0 Å². The van der Waals surface area contributed by atoms with Gasteiger partial charge in [0, 0.05) is 5.75 Å². The number of nitrogens with zero attached hydrogens (tertiary/aromatic N) is 1. The lowest BCUT2D eigenvalue weighted by Crippen LogP contribution is -2.20. The molecule has 1 aliphatic rings. The normalized spacial score (nSPS) is 15.9. The molecule has 13 heavy (non-hydrogen) atoms. The number of rotatable bonds is 1. The van der Waals surface area contributed by atoms with E-state index < -0.39 is 10.3 Å². The molecule has 4 nitrogen and oxygen atoms in total. The van der Waals surface area contributed by atoms with E-state index in [1.54, 1.807) is 12.1 Å². The maximum Gasteiger partial charge on any atom is 0.369 e. The predicted molar refractivity (Wildman–Crippen MR) is 51.8 cm³/mol. The highest BCUT2D eigenvalue weighted by Gasteiger charge is 2.28. The lowest BCUT2D eigenvalue weighted by atomic mass is 10.2. The van der Waals surface area contributed by atoms with Crippen LogP contribution in [0.25, 0.3) is 0 Å². The molecule has 1 aliphatic heterocycles. The van der Waals surface area contributed by atoms with Gasteiger partial charge in [-0.2, -0.15) is 12.1 Å². The van der Waals surface area contributed by atoms with E-state index in [2.05, 4.69) is 0 Å². The summed E-state index contributed by atoms with van der Waals surface area (Å²) in [5.41, 5.74) is 1.47. The van der Waals surface area contributed by atoms with E-state index in [1.165, 1.54) is 0 Å². The minimum Gasteiger partial charge on any atom is -0.268 e. The van der Waals surface area contributed by atoms with Crippen LogP contribution in [0.15, 0.2) is 24.3 Å². The van der Waals surface area contributed by atoms with E-state index in [9.17, 15) is 8.42 Å². The molecular weight excluding hydrogens is 210 g/mol. The molecule has 0 unspecified atom stereocenters. The number of hydrogen-bond donors (Lipinski definition) is 1. The molecule has 0 saturated heterocycles. The van der Waals surface area contributed by atoms with E-state index in [4.69, 9.17) is 4.55 Å². The van der Waals surface area contributed by atoms with Crippen LogP contribution in [0.4, 0.5) is 5.69 Å². The fourth-order valence-electron chi connectivity index (χ4n) is 1.20. The first kappa shape index (κ1) is 8.86. The predicted octanol–water partition coefficient (Wildman–Crippen LogP) is 1.46. The molecule has 2 rings (SSSR count). The van der Waals surface area contributed by atoms with Crippen LogP contribution in [-0.2, 0) is 16.1 Å². The summed E-state index contributed by atoms with van der Waals surface area (Å²) < 4.78 is 31.5. The van der Waals surface area contributed by atoms with Gasteiger partial charge in [0.2, 0.25) is 0 Å². The quantitative estimate of drug-likeness (QED) is 0.571. The molecule has 0 spiro atoms. The fourth-order valence-corrected chi connectivity index (χ4v) is 3.13. The van der Waals surface area contributed by atoms with Gasteiger partial charge in [0.05, 0.1) is 5.69 Å². The van der Waals surface area contributed by atoms with Gasteiger partial charge in [-0.15, -0.1) is 0 Å². The first-order valence-electron chi connectivity index (χ1n) is 3.57. The Morgan fingerprint density at radius 2 is 2.08 bits per heavy atom. The van der Waals surface area contributed by atoms with Crippen molar-refractivity contribution in [2.75, 3.05) is 3.71 Å². The molecule has 0 bridgehead atoms. The van der Waals surface area contributed by atoms with Gasteiger partial charge in [-0.1, -0.05) is 18.2 Å². The Bertz CT molecular complexity index is 429. The Labute approximate surface area is 80.6 Å². The van der Waals surface area contributed by atoms with Crippen molar-refractivity contribution in [3.63, 3.8) is 0 Å². The molecule has 1 heterocycles. The zero-order valence-electron chi connectivity index (χ0n) is 6.54. The second-order valence-corrected chi connectivity index (χ2v) is 5.01. The van der Waals surface area contributed by atoms with Crippen molar-refractivity contribution in [1.82, 2.24) is 0 Å². The van der Waals surface area contributed by atoms with Crippen molar-refractivity contribution >= 4 is 27.9 Å². The maximum atomic E-state index is 10.9. The fraction of sp³-hybridized carbons (Fsp3) is 0.143. The number of fused-ring (bicyclic) bond motifs is 1. The van der Waals surface area contributed by atoms with E-state index in [-0.39, 0.29) is 0 Å². The van der Waals surface area contributed by atoms with Gasteiger partial charge in [-0.05, 0) is 23.6 Å². The third kappa shape index (κ3) is 1.52. The van der Waals surface area contributed by atoms with Crippen LogP contribution in [0.5, 0.6) is 0 Å². The second kappa shape index (κ2) is 2.90. The van der Waals surface area contributed by atoms with Crippen molar-refractivity contribution in [3.8, 4) is 0 Å². The van der Waals surface area contributed by atoms with Gasteiger partial charge in [0.1, 0.15) is 0 Å². The zero-order valence-corrected chi connectivity index (χ0v) is 8.18. The lowest BCUT2D eigenvalue weighted by Gasteiger charge is -2.11. The smallest absolute Gasteiger partial charge is 0.268 e. The van der Waals surface area contributed by atoms with Crippen LogP contribution in [0.3, 0.4) is 0 Å². The highest BCUT2D eigenvalue weighted by atomic mass is 32.3.